The standard InChI is InChI=1S/C48H51B/c1-28-34(7)46(35(8)29(2)43(28)40-22-16-13-17-23-40)49(47-36(9)30(3)44(31(4)37(47)10)41-24-18-14-19-25-41)48-38(11)32(5)45(33(6)39(48)12)42-26-20-15-21-27-42/h13-27H,1-12H3. The van der Waals surface area contributed by atoms with Crippen molar-refractivity contribution in [1.29, 1.82) is 0 Å². The van der Waals surface area contributed by atoms with Crippen molar-refractivity contribution in [3.05, 3.63) is 158 Å². The molecule has 0 heterocycles. The molecule has 6 aromatic rings. The molecular formula is C48H51B. The van der Waals surface area contributed by atoms with Crippen LogP contribution >= 0.6 is 0 Å². The normalized spacial score (nSPS) is 11.3. The fourth-order valence-electron chi connectivity index (χ4n) is 8.87. The van der Waals surface area contributed by atoms with E-state index in [9.17, 15) is 0 Å². The Balaban J connectivity index is 1.76. The van der Waals surface area contributed by atoms with Crippen molar-refractivity contribution in [2.24, 2.45) is 0 Å². The zero-order valence-corrected chi connectivity index (χ0v) is 31.7. The third kappa shape index (κ3) is 5.58. The van der Waals surface area contributed by atoms with Crippen molar-refractivity contribution in [3.63, 3.8) is 0 Å². The molecule has 0 atom stereocenters. The summed E-state index contributed by atoms with van der Waals surface area (Å²) >= 11 is 0. The van der Waals surface area contributed by atoms with Crippen LogP contribution in [0.25, 0.3) is 33.4 Å². The second-order valence-electron chi connectivity index (χ2n) is 14.4. The Kier molecular flexibility index (Phi) is 9.34. The Hall–Kier alpha value is -4.62. The molecule has 0 bridgehead atoms. The van der Waals surface area contributed by atoms with Crippen LogP contribution in [0.15, 0.2) is 91.0 Å². The van der Waals surface area contributed by atoms with Crippen LogP contribution in [-0.4, -0.2) is 6.71 Å². The van der Waals surface area contributed by atoms with E-state index < -0.39 is 0 Å². The molecule has 0 amide bonds. The van der Waals surface area contributed by atoms with Crippen LogP contribution in [0.1, 0.15) is 66.8 Å². The van der Waals surface area contributed by atoms with Gasteiger partial charge in [-0.1, -0.05) is 141 Å². The van der Waals surface area contributed by atoms with Crippen LogP contribution < -0.4 is 16.4 Å². The predicted molar refractivity (Wildman–Crippen MR) is 217 cm³/mol. The highest BCUT2D eigenvalue weighted by Gasteiger charge is 2.35. The third-order valence-electron chi connectivity index (χ3n) is 12.1. The van der Waals surface area contributed by atoms with Gasteiger partial charge in [-0.15, -0.1) is 0 Å². The molecule has 0 saturated carbocycles. The summed E-state index contributed by atoms with van der Waals surface area (Å²) in [5.74, 6) is 0. The zero-order chi connectivity index (χ0) is 35.3. The van der Waals surface area contributed by atoms with E-state index in [1.807, 2.05) is 0 Å². The van der Waals surface area contributed by atoms with E-state index in [0.717, 1.165) is 0 Å². The van der Waals surface area contributed by atoms with E-state index in [1.165, 1.54) is 117 Å². The van der Waals surface area contributed by atoms with Gasteiger partial charge in [-0.3, -0.25) is 0 Å². The molecular weight excluding hydrogens is 587 g/mol. The lowest BCUT2D eigenvalue weighted by Crippen LogP contribution is -2.58. The molecule has 0 saturated heterocycles. The first-order valence-corrected chi connectivity index (χ1v) is 17.8. The Morgan fingerprint density at radius 1 is 0.245 bits per heavy atom. The van der Waals surface area contributed by atoms with Gasteiger partial charge in [0.15, 0.2) is 0 Å². The van der Waals surface area contributed by atoms with Crippen LogP contribution in [0.5, 0.6) is 0 Å². The lowest BCUT2D eigenvalue weighted by Gasteiger charge is -2.33. The first kappa shape index (κ1) is 34.3. The summed E-state index contributed by atoms with van der Waals surface area (Å²) in [7, 11) is 0. The van der Waals surface area contributed by atoms with Crippen LogP contribution in [0.3, 0.4) is 0 Å². The topological polar surface area (TPSA) is 0 Å². The molecule has 246 valence electrons. The molecule has 0 radical (unpaired) electrons. The van der Waals surface area contributed by atoms with Gasteiger partial charge in [-0.2, -0.15) is 0 Å². The van der Waals surface area contributed by atoms with Gasteiger partial charge >= 0.3 is 0 Å². The minimum Gasteiger partial charge on any atom is -0.0623 e. The largest absolute Gasteiger partial charge is 0.243 e. The summed E-state index contributed by atoms with van der Waals surface area (Å²) in [6.45, 7) is 28.4. The van der Waals surface area contributed by atoms with Crippen LogP contribution in [0.4, 0.5) is 0 Å². The van der Waals surface area contributed by atoms with E-state index in [-0.39, 0.29) is 6.71 Å². The van der Waals surface area contributed by atoms with E-state index in [1.54, 1.807) is 0 Å². The molecule has 0 aromatic heterocycles. The molecule has 0 spiro atoms. The summed E-state index contributed by atoms with van der Waals surface area (Å²) in [6.07, 6.45) is 0. The molecule has 0 fully saturated rings. The first-order valence-electron chi connectivity index (χ1n) is 17.8. The monoisotopic (exact) mass is 638 g/mol. The highest BCUT2D eigenvalue weighted by molar-refractivity contribution is 6.97. The highest BCUT2D eigenvalue weighted by atomic mass is 14.3. The van der Waals surface area contributed by atoms with Crippen molar-refractivity contribution in [2.45, 2.75) is 83.1 Å². The lowest BCUT2D eigenvalue weighted by molar-refractivity contribution is 1.25. The van der Waals surface area contributed by atoms with Crippen molar-refractivity contribution in [3.8, 4) is 33.4 Å². The Morgan fingerprint density at radius 2 is 0.429 bits per heavy atom. The molecule has 0 aliphatic carbocycles. The van der Waals surface area contributed by atoms with Crippen molar-refractivity contribution in [2.75, 3.05) is 0 Å². The van der Waals surface area contributed by atoms with Crippen molar-refractivity contribution < 1.29 is 0 Å². The van der Waals surface area contributed by atoms with E-state index in [2.05, 4.69) is 174 Å². The molecule has 0 N–H and O–H groups in total. The Labute approximate surface area is 296 Å². The minimum atomic E-state index is 0.0895. The Morgan fingerprint density at radius 3 is 0.612 bits per heavy atom. The maximum Gasteiger partial charge on any atom is 0.243 e. The number of hydrogen-bond donors (Lipinski definition) is 0. The fourth-order valence-corrected chi connectivity index (χ4v) is 8.87. The molecule has 0 unspecified atom stereocenters. The molecule has 0 aliphatic heterocycles. The van der Waals surface area contributed by atoms with Gasteiger partial charge in [0.05, 0.1) is 0 Å². The predicted octanol–water partition coefficient (Wildman–Crippen LogP) is 10.9. The Bertz CT molecular complexity index is 1860. The summed E-state index contributed by atoms with van der Waals surface area (Å²) < 4.78 is 0. The van der Waals surface area contributed by atoms with Gasteiger partial charge in [-0.25, -0.2) is 0 Å². The average molecular weight is 639 g/mol. The van der Waals surface area contributed by atoms with Gasteiger partial charge in [0.2, 0.25) is 6.71 Å². The second kappa shape index (κ2) is 13.4. The molecule has 6 aromatic carbocycles. The van der Waals surface area contributed by atoms with E-state index >= 15 is 0 Å². The zero-order valence-electron chi connectivity index (χ0n) is 31.7. The van der Waals surface area contributed by atoms with Crippen LogP contribution in [0.2, 0.25) is 0 Å². The van der Waals surface area contributed by atoms with Gasteiger partial charge in [0.25, 0.3) is 0 Å². The van der Waals surface area contributed by atoms with E-state index in [4.69, 9.17) is 0 Å². The number of rotatable bonds is 6. The van der Waals surface area contributed by atoms with Gasteiger partial charge in [-0.05, 0) is 150 Å². The van der Waals surface area contributed by atoms with Gasteiger partial charge in [0.1, 0.15) is 0 Å². The minimum absolute atomic E-state index is 0.0895. The average Bonchev–Trinajstić information content (AvgIpc) is 3.11. The molecule has 6 rings (SSSR count). The molecule has 1 heteroatoms. The lowest BCUT2D eigenvalue weighted by atomic mass is 9.32. The molecule has 0 nitrogen and oxygen atoms in total. The third-order valence-corrected chi connectivity index (χ3v) is 12.1. The number of benzene rings is 6. The maximum atomic E-state index is 2.38. The molecule has 0 aliphatic rings. The summed E-state index contributed by atoms with van der Waals surface area (Å²) in [5.41, 5.74) is 29.1. The van der Waals surface area contributed by atoms with Gasteiger partial charge in [0, 0.05) is 0 Å². The maximum absolute atomic E-state index is 2.38. The summed E-state index contributed by atoms with van der Waals surface area (Å²) in [4.78, 5) is 0. The highest BCUT2D eigenvalue weighted by Crippen LogP contribution is 2.36. The van der Waals surface area contributed by atoms with E-state index in [0.29, 0.717) is 0 Å². The molecule has 49 heavy (non-hydrogen) atoms. The van der Waals surface area contributed by atoms with Crippen molar-refractivity contribution >= 4 is 23.1 Å². The second-order valence-corrected chi connectivity index (χ2v) is 14.4. The first-order chi connectivity index (χ1) is 23.4. The number of hydrogen-bond acceptors (Lipinski definition) is 0. The van der Waals surface area contributed by atoms with Crippen LogP contribution in [0, 0.1) is 83.1 Å². The summed E-state index contributed by atoms with van der Waals surface area (Å²) in [6, 6.07) is 32.9. The summed E-state index contributed by atoms with van der Waals surface area (Å²) in [5, 5.41) is 0. The van der Waals surface area contributed by atoms with Gasteiger partial charge < -0.3 is 0 Å². The quantitative estimate of drug-likeness (QED) is 0.159. The fraction of sp³-hybridized carbons (Fsp3) is 0.250. The SMILES string of the molecule is Cc1c(C)c(-c2ccccc2)c(C)c(C)c1B(c1c(C)c(C)c(-c2ccccc2)c(C)c1C)c1c(C)c(C)c(-c2ccccc2)c(C)c1C. The van der Waals surface area contributed by atoms with Crippen molar-refractivity contribution in [1.82, 2.24) is 0 Å². The smallest absolute Gasteiger partial charge is 0.0623 e. The van der Waals surface area contributed by atoms with Crippen LogP contribution in [-0.2, 0) is 0 Å².